The molecule has 2 heterocycles. The molecule has 1 saturated heterocycles. The van der Waals surface area contributed by atoms with Crippen LogP contribution in [-0.4, -0.2) is 60.2 Å². The van der Waals surface area contributed by atoms with Crippen LogP contribution in [-0.2, 0) is 25.3 Å². The molecule has 238 valence electrons. The van der Waals surface area contributed by atoms with E-state index in [1.807, 2.05) is 17.5 Å². The Morgan fingerprint density at radius 3 is 2.67 bits per heavy atom. The molecule has 0 spiro atoms. The maximum Gasteiger partial charge on any atom is 0.481 e. The van der Waals surface area contributed by atoms with Gasteiger partial charge in [-0.15, -0.1) is 11.3 Å². The average Bonchev–Trinajstić information content (AvgIpc) is 3.56. The number of guanidine groups is 1. The number of hydrogen-bond donors (Lipinski definition) is 4. The second kappa shape index (κ2) is 13.9. The van der Waals surface area contributed by atoms with Crippen LogP contribution in [0.4, 0.5) is 0 Å². The molecule has 3 aliphatic carbocycles. The molecule has 4 aliphatic rings. The summed E-state index contributed by atoms with van der Waals surface area (Å²) in [6.07, 6.45) is 5.19. The molecule has 5 rings (SSSR count). The van der Waals surface area contributed by atoms with E-state index < -0.39 is 23.8 Å². The molecule has 2 bridgehead atoms. The Hall–Kier alpha value is -2.71. The fourth-order valence-corrected chi connectivity index (χ4v) is 7.89. The molecule has 4 fully saturated rings. The van der Waals surface area contributed by atoms with Crippen LogP contribution in [0.1, 0.15) is 84.4 Å². The van der Waals surface area contributed by atoms with Crippen molar-refractivity contribution in [1.82, 2.24) is 16.1 Å². The first-order chi connectivity index (χ1) is 20.3. The first-order valence-corrected chi connectivity index (χ1v) is 16.3. The highest BCUT2D eigenvalue weighted by Crippen LogP contribution is 2.65. The van der Waals surface area contributed by atoms with Gasteiger partial charge in [-0.2, -0.15) is 0 Å². The Labute approximate surface area is 258 Å². The van der Waals surface area contributed by atoms with Gasteiger partial charge in [0, 0.05) is 17.8 Å². The number of carbonyl (C=O) groups excluding carboxylic acids is 2. The van der Waals surface area contributed by atoms with E-state index >= 15 is 0 Å². The summed E-state index contributed by atoms with van der Waals surface area (Å²) in [5.74, 6) is 0.0859. The van der Waals surface area contributed by atoms with Gasteiger partial charge in [0.25, 0.3) is 5.96 Å². The molecule has 2 amide bonds. The molecule has 1 aromatic rings. The summed E-state index contributed by atoms with van der Waals surface area (Å²) in [5.41, 5.74) is 7.14. The van der Waals surface area contributed by atoms with E-state index in [-0.39, 0.29) is 54.1 Å². The lowest BCUT2D eigenvalue weighted by atomic mass is 9.43. The summed E-state index contributed by atoms with van der Waals surface area (Å²) in [5, 5.41) is 17.9. The summed E-state index contributed by atoms with van der Waals surface area (Å²) in [6.45, 7) is 11.1. The van der Waals surface area contributed by atoms with E-state index in [1.165, 1.54) is 4.88 Å². The summed E-state index contributed by atoms with van der Waals surface area (Å²) in [6, 6.07) is 3.22. The van der Waals surface area contributed by atoms with Crippen LogP contribution >= 0.6 is 11.3 Å². The number of nitrogens with two attached hydrogens (primary N) is 1. The Bertz CT molecular complexity index is 1170. The number of nitrogens with one attached hydrogen (secondary N) is 3. The van der Waals surface area contributed by atoms with Crippen LogP contribution in [0.5, 0.6) is 0 Å². The minimum absolute atomic E-state index is 0.00391. The molecule has 43 heavy (non-hydrogen) atoms. The predicted octanol–water partition coefficient (Wildman–Crippen LogP) is 3.23. The zero-order valence-corrected chi connectivity index (χ0v) is 26.8. The van der Waals surface area contributed by atoms with Crippen LogP contribution < -0.4 is 21.8 Å². The van der Waals surface area contributed by atoms with Crippen molar-refractivity contribution in [3.05, 3.63) is 32.5 Å². The number of hydrazine groups is 1. The molecule has 3 saturated carbocycles. The highest BCUT2D eigenvalue weighted by atomic mass is 32.1. The Morgan fingerprint density at radius 2 is 2.02 bits per heavy atom. The minimum Gasteiger partial charge on any atom is -0.404 e. The fourth-order valence-electron chi connectivity index (χ4n) is 7.14. The van der Waals surface area contributed by atoms with Crippen molar-refractivity contribution >= 4 is 36.2 Å². The quantitative estimate of drug-likeness (QED) is 0.0580. The van der Waals surface area contributed by atoms with Crippen LogP contribution in [0.3, 0.4) is 0 Å². The van der Waals surface area contributed by atoms with E-state index in [4.69, 9.17) is 15.0 Å². The normalized spacial score (nSPS) is 27.2. The van der Waals surface area contributed by atoms with Gasteiger partial charge in [-0.1, -0.05) is 39.2 Å². The van der Waals surface area contributed by atoms with Crippen LogP contribution in [0.2, 0.25) is 0 Å². The van der Waals surface area contributed by atoms with Crippen molar-refractivity contribution in [2.24, 2.45) is 33.9 Å². The summed E-state index contributed by atoms with van der Waals surface area (Å²) < 4.78 is 13.2. The van der Waals surface area contributed by atoms with Gasteiger partial charge in [0.15, 0.2) is 5.03 Å². The zero-order valence-electron chi connectivity index (χ0n) is 26.0. The molecular weight excluding hydrogens is 571 g/mol. The largest absolute Gasteiger partial charge is 0.481 e. The maximum absolute atomic E-state index is 13.7. The highest BCUT2D eigenvalue weighted by molar-refractivity contribution is 7.09. The summed E-state index contributed by atoms with van der Waals surface area (Å²) >= 11 is 1.66. The van der Waals surface area contributed by atoms with Crippen molar-refractivity contribution in [2.45, 2.75) is 110 Å². The molecule has 5 N–H and O–H groups in total. The third-order valence-electron chi connectivity index (χ3n) is 9.55. The predicted molar refractivity (Wildman–Crippen MR) is 167 cm³/mol. The first kappa shape index (κ1) is 33.2. The fraction of sp³-hybridized carbons (Fsp3) is 0.759. The van der Waals surface area contributed by atoms with Crippen molar-refractivity contribution in [2.75, 3.05) is 6.54 Å². The Kier molecular flexibility index (Phi) is 10.8. The van der Waals surface area contributed by atoms with Gasteiger partial charge < -0.3 is 25.7 Å². The topological polar surface area (TPSA) is 170 Å². The SMILES string of the molecule is CC(C)C[C@H](NC(=O)[C@H](CCCN=C(N)N[N+](=O)[O-])NC(=O)CCCc1cccs1)B1O[C@@H]2C[C@H]3C[C@H](C3(C)C)[C@]2(C)O1. The van der Waals surface area contributed by atoms with E-state index in [2.05, 4.69) is 50.2 Å². The number of amides is 2. The van der Waals surface area contributed by atoms with Gasteiger partial charge in [0.05, 0.1) is 17.6 Å². The molecule has 0 radical (unpaired) electrons. The van der Waals surface area contributed by atoms with E-state index in [1.54, 1.807) is 16.8 Å². The van der Waals surface area contributed by atoms with Gasteiger partial charge in [-0.25, -0.2) is 15.1 Å². The van der Waals surface area contributed by atoms with Gasteiger partial charge in [0.2, 0.25) is 11.8 Å². The number of nitrogens with zero attached hydrogens (tertiary/aromatic N) is 2. The third kappa shape index (κ3) is 8.07. The molecular formula is C29H47BN6O6S. The zero-order chi connectivity index (χ0) is 31.4. The number of hydrogen-bond acceptors (Lipinski definition) is 8. The number of thiophene rings is 1. The second-order valence-corrected chi connectivity index (χ2v) is 14.4. The van der Waals surface area contributed by atoms with Gasteiger partial charge in [-0.05, 0) is 86.5 Å². The van der Waals surface area contributed by atoms with Crippen LogP contribution in [0, 0.1) is 33.3 Å². The number of aryl methyl sites for hydroxylation is 1. The van der Waals surface area contributed by atoms with Gasteiger partial charge in [-0.3, -0.25) is 9.59 Å². The standard InChI is InChI=1S/C29H47BN6O6S/c1-18(2)15-24(30-41-23-17-19-16-22(28(19,3)4)29(23,5)42-30)34-26(38)21(11-7-13-32-27(31)35-36(39)40)33-25(37)12-6-9-20-10-8-14-43-20/h8,10,14,18-19,21-24H,6-7,9,11-13,15-17H2,1-5H3,(H,33,37)(H,34,38)(H3,31,32,35)/t19-,21+,22-,23-,24+,29+/m1/s1. The molecule has 0 unspecified atom stereocenters. The average molecular weight is 619 g/mol. The maximum atomic E-state index is 13.7. The number of aliphatic imine (C=N–C) groups is 1. The lowest BCUT2D eigenvalue weighted by Crippen LogP contribution is -2.65. The third-order valence-corrected chi connectivity index (χ3v) is 10.5. The van der Waals surface area contributed by atoms with Crippen molar-refractivity contribution in [3.8, 4) is 0 Å². The van der Waals surface area contributed by atoms with Crippen molar-refractivity contribution in [1.29, 1.82) is 0 Å². The smallest absolute Gasteiger partial charge is 0.404 e. The van der Waals surface area contributed by atoms with Crippen molar-refractivity contribution < 1.29 is 23.9 Å². The Balaban J connectivity index is 1.40. The van der Waals surface area contributed by atoms with Gasteiger partial charge in [0.1, 0.15) is 6.04 Å². The molecule has 12 nitrogen and oxygen atoms in total. The number of nitro groups is 1. The first-order valence-electron chi connectivity index (χ1n) is 15.5. The highest BCUT2D eigenvalue weighted by Gasteiger charge is 2.68. The monoisotopic (exact) mass is 618 g/mol. The van der Waals surface area contributed by atoms with Gasteiger partial charge >= 0.3 is 7.12 Å². The van der Waals surface area contributed by atoms with Crippen molar-refractivity contribution in [3.63, 3.8) is 0 Å². The molecule has 1 aliphatic heterocycles. The molecule has 6 atom stereocenters. The van der Waals surface area contributed by atoms with Crippen LogP contribution in [0.25, 0.3) is 0 Å². The number of rotatable bonds is 15. The van der Waals surface area contributed by atoms with E-state index in [0.717, 1.165) is 19.3 Å². The number of carbonyl (C=O) groups is 2. The van der Waals surface area contributed by atoms with Crippen LogP contribution in [0.15, 0.2) is 22.5 Å². The van der Waals surface area contributed by atoms with E-state index in [9.17, 15) is 19.7 Å². The molecule has 0 aromatic carbocycles. The second-order valence-electron chi connectivity index (χ2n) is 13.4. The molecule has 14 heteroatoms. The minimum atomic E-state index is -0.810. The summed E-state index contributed by atoms with van der Waals surface area (Å²) in [7, 11) is -0.573. The lowest BCUT2D eigenvalue weighted by Gasteiger charge is -2.64. The molecule has 1 aromatic heterocycles. The lowest BCUT2D eigenvalue weighted by molar-refractivity contribution is -0.525. The summed E-state index contributed by atoms with van der Waals surface area (Å²) in [4.78, 5) is 42.4. The Morgan fingerprint density at radius 1 is 1.26 bits per heavy atom. The van der Waals surface area contributed by atoms with E-state index in [0.29, 0.717) is 37.5 Å².